The van der Waals surface area contributed by atoms with Gasteiger partial charge in [0.15, 0.2) is 0 Å². The van der Waals surface area contributed by atoms with Gasteiger partial charge in [0.2, 0.25) is 0 Å². The maximum atomic E-state index is 11.7. The topological polar surface area (TPSA) is 96.2 Å². The lowest BCUT2D eigenvalue weighted by molar-refractivity contribution is -0.148. The highest BCUT2D eigenvalue weighted by molar-refractivity contribution is 5.69. The summed E-state index contributed by atoms with van der Waals surface area (Å²) < 4.78 is 10.0. The quantitative estimate of drug-likeness (QED) is 0.135. The Bertz CT molecular complexity index is 399. The zero-order chi connectivity index (χ0) is 22.3. The van der Waals surface area contributed by atoms with Crippen LogP contribution in [-0.2, 0) is 14.3 Å². The lowest BCUT2D eigenvalue weighted by Gasteiger charge is -2.13. The van der Waals surface area contributed by atoms with E-state index in [1.807, 2.05) is 0 Å². The predicted octanol–water partition coefficient (Wildman–Crippen LogP) is 4.30. The molecular formula is C24H46O6. The molecule has 6 heteroatoms. The maximum Gasteiger partial charge on any atom is 0.305 e. The van der Waals surface area contributed by atoms with Crippen molar-refractivity contribution in [3.63, 3.8) is 0 Å². The van der Waals surface area contributed by atoms with Gasteiger partial charge in [-0.2, -0.15) is 0 Å². The van der Waals surface area contributed by atoms with Gasteiger partial charge < -0.3 is 24.8 Å². The largest absolute Gasteiger partial charge is 0.463 e. The third-order valence-electron chi connectivity index (χ3n) is 4.91. The van der Waals surface area contributed by atoms with Crippen molar-refractivity contribution in [1.82, 2.24) is 0 Å². The summed E-state index contributed by atoms with van der Waals surface area (Å²) in [5.74, 6) is -0.304. The van der Waals surface area contributed by atoms with Crippen molar-refractivity contribution in [2.45, 2.75) is 109 Å². The number of carbonyl (C=O) groups is 1. The number of allylic oxidation sites excluding steroid dienone is 2. The summed E-state index contributed by atoms with van der Waals surface area (Å²) in [6, 6.07) is 0. The molecule has 178 valence electrons. The van der Waals surface area contributed by atoms with Gasteiger partial charge in [0.05, 0.1) is 19.8 Å². The van der Waals surface area contributed by atoms with Gasteiger partial charge in [-0.1, -0.05) is 70.4 Å². The average Bonchev–Trinajstić information content (AvgIpc) is 2.74. The molecule has 0 amide bonds. The molecule has 0 radical (unpaired) electrons. The Hall–Kier alpha value is -0.950. The van der Waals surface area contributed by atoms with Crippen LogP contribution in [0.2, 0.25) is 0 Å². The van der Waals surface area contributed by atoms with Crippen LogP contribution in [0.5, 0.6) is 0 Å². The van der Waals surface area contributed by atoms with E-state index in [4.69, 9.17) is 19.7 Å². The third-order valence-corrected chi connectivity index (χ3v) is 4.91. The zero-order valence-electron chi connectivity index (χ0n) is 19.1. The fourth-order valence-corrected chi connectivity index (χ4v) is 3.04. The van der Waals surface area contributed by atoms with E-state index in [1.54, 1.807) is 0 Å². The van der Waals surface area contributed by atoms with Crippen molar-refractivity contribution in [2.24, 2.45) is 0 Å². The summed E-state index contributed by atoms with van der Waals surface area (Å²) in [5, 5.41) is 27.4. The Morgan fingerprint density at radius 1 is 0.767 bits per heavy atom. The molecule has 0 aliphatic rings. The molecule has 0 spiro atoms. The number of ether oxygens (including phenoxy) is 2. The van der Waals surface area contributed by atoms with E-state index in [0.717, 1.165) is 25.7 Å². The fourth-order valence-electron chi connectivity index (χ4n) is 3.04. The van der Waals surface area contributed by atoms with Gasteiger partial charge in [-0.3, -0.25) is 4.79 Å². The summed E-state index contributed by atoms with van der Waals surface area (Å²) in [4.78, 5) is 11.7. The van der Waals surface area contributed by atoms with Gasteiger partial charge in [-0.25, -0.2) is 0 Å². The second-order valence-electron chi connectivity index (χ2n) is 8.04. The molecule has 0 aromatic carbocycles. The predicted molar refractivity (Wildman–Crippen MR) is 120 cm³/mol. The van der Waals surface area contributed by atoms with Gasteiger partial charge in [0.1, 0.15) is 18.8 Å². The van der Waals surface area contributed by atoms with Gasteiger partial charge in [-0.15, -0.1) is 0 Å². The molecule has 6 nitrogen and oxygen atoms in total. The van der Waals surface area contributed by atoms with Gasteiger partial charge in [0, 0.05) is 6.42 Å². The number of hydrogen-bond donors (Lipinski definition) is 3. The summed E-state index contributed by atoms with van der Waals surface area (Å²) in [6.07, 6.45) is 18.9. The van der Waals surface area contributed by atoms with Crippen molar-refractivity contribution >= 4 is 5.97 Å². The molecule has 0 saturated heterocycles. The van der Waals surface area contributed by atoms with Crippen LogP contribution < -0.4 is 0 Å². The first-order chi connectivity index (χ1) is 14.6. The molecule has 0 aromatic rings. The molecule has 0 saturated carbocycles. The van der Waals surface area contributed by atoms with E-state index in [1.165, 1.54) is 57.8 Å². The van der Waals surface area contributed by atoms with Gasteiger partial charge in [-0.05, 0) is 32.1 Å². The Morgan fingerprint density at radius 3 is 1.90 bits per heavy atom. The highest BCUT2D eigenvalue weighted by Crippen LogP contribution is 2.10. The highest BCUT2D eigenvalue weighted by Gasteiger charge is 2.10. The van der Waals surface area contributed by atoms with Crippen LogP contribution >= 0.6 is 0 Å². The van der Waals surface area contributed by atoms with Crippen molar-refractivity contribution < 1.29 is 29.6 Å². The molecule has 0 bridgehead atoms. The average molecular weight is 431 g/mol. The molecule has 0 aromatic heterocycles. The maximum absolute atomic E-state index is 11.7. The van der Waals surface area contributed by atoms with E-state index in [2.05, 4.69) is 19.1 Å². The van der Waals surface area contributed by atoms with Crippen LogP contribution in [0.1, 0.15) is 96.8 Å². The zero-order valence-corrected chi connectivity index (χ0v) is 19.1. The van der Waals surface area contributed by atoms with Crippen molar-refractivity contribution in [3.8, 4) is 0 Å². The molecule has 30 heavy (non-hydrogen) atoms. The first kappa shape index (κ1) is 29.1. The minimum atomic E-state index is -0.958. The Labute approximate surface area is 183 Å². The molecule has 0 unspecified atom stereocenters. The Balaban J connectivity index is 3.35. The number of unbranched alkanes of at least 4 members (excludes halogenated alkanes) is 11. The van der Waals surface area contributed by atoms with E-state index in [9.17, 15) is 9.90 Å². The lowest BCUT2D eigenvalue weighted by atomic mass is 10.1. The number of hydrogen-bond acceptors (Lipinski definition) is 6. The second-order valence-corrected chi connectivity index (χ2v) is 8.04. The van der Waals surface area contributed by atoms with Crippen LogP contribution in [0.3, 0.4) is 0 Å². The first-order valence-electron chi connectivity index (χ1n) is 12.0. The standard InChI is InChI=1S/C24H46O6/c1-2-3-4-5-6-7-8-9-10-11-12-13-14-15-16-17-24(28)30-21-23(27)20-29-19-22(26)18-25/h9-10,22-23,25-27H,2-8,11-21H2,1H3/b10-9-/t22-,23-/m1/s1. The number of carbonyl (C=O) groups excluding carboxylic acids is 1. The smallest absolute Gasteiger partial charge is 0.305 e. The lowest BCUT2D eigenvalue weighted by Crippen LogP contribution is -2.27. The number of esters is 1. The molecule has 3 N–H and O–H groups in total. The third kappa shape index (κ3) is 21.8. The fraction of sp³-hybridized carbons (Fsp3) is 0.875. The molecule has 0 heterocycles. The molecule has 0 fully saturated rings. The minimum absolute atomic E-state index is 0.0439. The first-order valence-corrected chi connectivity index (χ1v) is 12.0. The van der Waals surface area contributed by atoms with E-state index < -0.39 is 12.2 Å². The summed E-state index contributed by atoms with van der Waals surface area (Å²) in [7, 11) is 0. The van der Waals surface area contributed by atoms with Crippen LogP contribution in [0.25, 0.3) is 0 Å². The molecular weight excluding hydrogens is 384 g/mol. The van der Waals surface area contributed by atoms with E-state index >= 15 is 0 Å². The summed E-state index contributed by atoms with van der Waals surface area (Å²) >= 11 is 0. The molecule has 0 aliphatic heterocycles. The van der Waals surface area contributed by atoms with Crippen LogP contribution in [-0.4, -0.2) is 59.9 Å². The van der Waals surface area contributed by atoms with E-state index in [0.29, 0.717) is 6.42 Å². The highest BCUT2D eigenvalue weighted by atomic mass is 16.5. The van der Waals surface area contributed by atoms with Crippen LogP contribution in [0.15, 0.2) is 12.2 Å². The number of aliphatic hydroxyl groups is 3. The number of aliphatic hydroxyl groups excluding tert-OH is 3. The monoisotopic (exact) mass is 430 g/mol. The van der Waals surface area contributed by atoms with Crippen LogP contribution in [0, 0.1) is 0 Å². The summed E-state index contributed by atoms with van der Waals surface area (Å²) in [6.45, 7) is 1.65. The Morgan fingerprint density at radius 2 is 1.30 bits per heavy atom. The van der Waals surface area contributed by atoms with Crippen LogP contribution in [0.4, 0.5) is 0 Å². The van der Waals surface area contributed by atoms with Crippen molar-refractivity contribution in [3.05, 3.63) is 12.2 Å². The summed E-state index contributed by atoms with van der Waals surface area (Å²) in [5.41, 5.74) is 0. The molecule has 0 aliphatic carbocycles. The van der Waals surface area contributed by atoms with Crippen molar-refractivity contribution in [2.75, 3.05) is 26.4 Å². The number of rotatable bonds is 22. The SMILES string of the molecule is CCCCCCCC/C=C\CCCCCCCC(=O)OC[C@H](O)COC[C@H](O)CO. The molecule has 2 atom stereocenters. The Kier molecular flexibility index (Phi) is 22.0. The molecule has 0 rings (SSSR count). The van der Waals surface area contributed by atoms with Crippen molar-refractivity contribution in [1.29, 1.82) is 0 Å². The van der Waals surface area contributed by atoms with Gasteiger partial charge in [0.25, 0.3) is 0 Å². The van der Waals surface area contributed by atoms with E-state index in [-0.39, 0.29) is 32.4 Å². The minimum Gasteiger partial charge on any atom is -0.463 e. The normalized spacial score (nSPS) is 13.6. The van der Waals surface area contributed by atoms with Gasteiger partial charge >= 0.3 is 5.97 Å². The second kappa shape index (κ2) is 22.7.